The van der Waals surface area contributed by atoms with Gasteiger partial charge in [-0.3, -0.25) is 48.6 Å². The van der Waals surface area contributed by atoms with E-state index < -0.39 is 90.1 Å². The molecule has 0 heterocycles. The molecular weight excluding hydrogens is 1040 g/mol. The third kappa shape index (κ3) is 35.0. The second kappa shape index (κ2) is 44.1. The molecule has 1 aromatic carbocycles. The van der Waals surface area contributed by atoms with Crippen LogP contribution in [0.15, 0.2) is 24.3 Å². The summed E-state index contributed by atoms with van der Waals surface area (Å²) in [5, 5.41) is 41.3. The second-order valence-corrected chi connectivity index (χ2v) is 21.4. The molecule has 9 amide bonds. The maximum absolute atomic E-state index is 14.3. The van der Waals surface area contributed by atoms with Crippen LogP contribution < -0.4 is 70.8 Å². The van der Waals surface area contributed by atoms with Crippen molar-refractivity contribution in [3.63, 3.8) is 0 Å². The van der Waals surface area contributed by atoms with Gasteiger partial charge in [0.05, 0.1) is 6.54 Å². The molecule has 24 heteroatoms. The molecular formula is C57H102N14O10. The average Bonchev–Trinajstić information content (AvgIpc) is 3.42. The first-order valence-electron chi connectivity index (χ1n) is 29.6. The number of nitrogens with two attached hydrogens (primary N) is 4. The van der Waals surface area contributed by atoms with Gasteiger partial charge in [0.25, 0.3) is 0 Å². The number of phenolic OH excluding ortho intramolecular Hbond substituents is 1. The van der Waals surface area contributed by atoms with E-state index in [0.717, 1.165) is 19.3 Å². The quantitative estimate of drug-likeness (QED) is 0.0252. The number of carbonyl (C=O) groups excluding carboxylic acids is 9. The summed E-state index contributed by atoms with van der Waals surface area (Å²) in [4.78, 5) is 122. The van der Waals surface area contributed by atoms with Gasteiger partial charge in [-0.1, -0.05) is 110 Å². The summed E-state index contributed by atoms with van der Waals surface area (Å²) in [5.74, 6) is -6.50. The molecule has 0 aliphatic rings. The highest BCUT2D eigenvalue weighted by Crippen LogP contribution is 2.16. The highest BCUT2D eigenvalue weighted by atomic mass is 16.3. The van der Waals surface area contributed by atoms with Crippen molar-refractivity contribution in [2.75, 3.05) is 33.2 Å². The van der Waals surface area contributed by atoms with E-state index in [0.29, 0.717) is 44.1 Å². The molecule has 0 saturated carbocycles. The number of unbranched alkanes of at least 4 members (excludes halogenated alkanes) is 14. The van der Waals surface area contributed by atoms with E-state index in [1.165, 1.54) is 77.0 Å². The number of hydrogen-bond donors (Lipinski definition) is 15. The Kier molecular flexibility index (Phi) is 39.5. The summed E-state index contributed by atoms with van der Waals surface area (Å²) >= 11 is 0. The number of rotatable bonds is 47. The highest BCUT2D eigenvalue weighted by molar-refractivity contribution is 5.97. The van der Waals surface area contributed by atoms with E-state index in [-0.39, 0.29) is 94.5 Å². The predicted octanol–water partition coefficient (Wildman–Crippen LogP) is 2.02. The average molecular weight is 1140 g/mol. The molecule has 0 fully saturated rings. The molecule has 0 bridgehead atoms. The zero-order valence-corrected chi connectivity index (χ0v) is 49.0. The number of benzene rings is 1. The molecule has 0 aliphatic heterocycles. The maximum Gasteiger partial charge on any atom is 0.243 e. The van der Waals surface area contributed by atoms with Crippen LogP contribution in [0, 0.1) is 11.3 Å². The van der Waals surface area contributed by atoms with Gasteiger partial charge in [-0.2, -0.15) is 0 Å². The van der Waals surface area contributed by atoms with E-state index in [2.05, 4.69) is 54.8 Å². The SMILES string of the molecule is CCCCCCCCCCCCCCCC(=O)NCC(=O)N[C@@H](Cc1ccc(O)cc1)C(=O)N[C@@H](CCC(N)=O)C(=O)N[C@@H](CCCCN)C(=O)N[C@@H](CCCCN)C(=O)N[C@@H](CC(C)C)C(=O)N[C@@H](CCCNC(=N)N)C(=O)NC. The van der Waals surface area contributed by atoms with E-state index in [4.69, 9.17) is 28.3 Å². The molecule has 0 aliphatic carbocycles. The predicted molar refractivity (Wildman–Crippen MR) is 314 cm³/mol. The van der Waals surface area contributed by atoms with Crippen molar-refractivity contribution >= 4 is 59.1 Å². The first-order valence-corrected chi connectivity index (χ1v) is 29.6. The fourth-order valence-electron chi connectivity index (χ4n) is 9.01. The second-order valence-electron chi connectivity index (χ2n) is 21.4. The van der Waals surface area contributed by atoms with Crippen molar-refractivity contribution in [1.29, 1.82) is 5.41 Å². The fourth-order valence-corrected chi connectivity index (χ4v) is 9.01. The minimum Gasteiger partial charge on any atom is -0.508 e. The van der Waals surface area contributed by atoms with Crippen molar-refractivity contribution in [3.05, 3.63) is 29.8 Å². The molecule has 0 saturated heterocycles. The number of guanidine groups is 1. The number of primary amides is 1. The van der Waals surface area contributed by atoms with Crippen LogP contribution in [0.3, 0.4) is 0 Å². The number of aromatic hydroxyl groups is 1. The molecule has 460 valence electrons. The van der Waals surface area contributed by atoms with Crippen LogP contribution in [-0.2, 0) is 49.6 Å². The molecule has 1 aromatic rings. The smallest absolute Gasteiger partial charge is 0.243 e. The minimum absolute atomic E-state index is 0.0359. The van der Waals surface area contributed by atoms with Gasteiger partial charge < -0.3 is 75.9 Å². The van der Waals surface area contributed by atoms with Gasteiger partial charge in [0, 0.05) is 32.9 Å². The maximum atomic E-state index is 14.3. The first-order chi connectivity index (χ1) is 38.7. The van der Waals surface area contributed by atoms with Crippen molar-refractivity contribution in [1.82, 2.24) is 47.9 Å². The Labute approximate surface area is 480 Å². The van der Waals surface area contributed by atoms with Crippen molar-refractivity contribution in [2.45, 2.75) is 224 Å². The van der Waals surface area contributed by atoms with Gasteiger partial charge in [-0.05, 0) is 107 Å². The molecule has 0 aromatic heterocycles. The fraction of sp³-hybridized carbons (Fsp3) is 0.719. The monoisotopic (exact) mass is 1140 g/mol. The number of amides is 9. The Morgan fingerprint density at radius 2 is 0.926 bits per heavy atom. The zero-order chi connectivity index (χ0) is 60.4. The van der Waals surface area contributed by atoms with Gasteiger partial charge in [-0.25, -0.2) is 0 Å². The van der Waals surface area contributed by atoms with E-state index in [1.807, 2.05) is 13.8 Å². The number of hydrogen-bond acceptors (Lipinski definition) is 13. The van der Waals surface area contributed by atoms with E-state index >= 15 is 0 Å². The molecule has 0 unspecified atom stereocenters. The summed E-state index contributed by atoms with van der Waals surface area (Å²) in [7, 11) is 1.42. The highest BCUT2D eigenvalue weighted by Gasteiger charge is 2.34. The molecule has 19 N–H and O–H groups in total. The third-order valence-electron chi connectivity index (χ3n) is 13.7. The minimum atomic E-state index is -1.47. The van der Waals surface area contributed by atoms with Crippen molar-refractivity contribution in [2.24, 2.45) is 28.9 Å². The molecule has 6 atom stereocenters. The van der Waals surface area contributed by atoms with Gasteiger partial charge in [-0.15, -0.1) is 0 Å². The normalized spacial score (nSPS) is 13.3. The Balaban J connectivity index is 3.27. The van der Waals surface area contributed by atoms with Crippen LogP contribution in [0.4, 0.5) is 0 Å². The number of likely N-dealkylation sites (N-methyl/N-ethyl adjacent to an activating group) is 1. The summed E-state index contributed by atoms with van der Waals surface area (Å²) in [6.45, 7) is 6.30. The van der Waals surface area contributed by atoms with Gasteiger partial charge in [0.1, 0.15) is 42.0 Å². The van der Waals surface area contributed by atoms with Crippen LogP contribution >= 0.6 is 0 Å². The number of nitrogens with one attached hydrogen (secondary N) is 10. The van der Waals surface area contributed by atoms with Crippen molar-refractivity contribution < 1.29 is 48.3 Å². The lowest BCUT2D eigenvalue weighted by molar-refractivity contribution is -0.136. The molecule has 81 heavy (non-hydrogen) atoms. The van der Waals surface area contributed by atoms with Crippen LogP contribution in [0.1, 0.15) is 187 Å². The van der Waals surface area contributed by atoms with Crippen LogP contribution in [0.2, 0.25) is 0 Å². The topological polar surface area (TPSA) is 410 Å². The lowest BCUT2D eigenvalue weighted by atomic mass is 10.0. The molecule has 1 rings (SSSR count). The van der Waals surface area contributed by atoms with Gasteiger partial charge >= 0.3 is 0 Å². The van der Waals surface area contributed by atoms with Gasteiger partial charge in [0.2, 0.25) is 53.2 Å². The van der Waals surface area contributed by atoms with Crippen molar-refractivity contribution in [3.8, 4) is 5.75 Å². The summed E-state index contributed by atoms with van der Waals surface area (Å²) < 4.78 is 0. The van der Waals surface area contributed by atoms with Crippen LogP contribution in [-0.4, -0.2) is 134 Å². The van der Waals surface area contributed by atoms with E-state index in [1.54, 1.807) is 12.1 Å². The number of carbonyl (C=O) groups is 9. The molecule has 0 radical (unpaired) electrons. The largest absolute Gasteiger partial charge is 0.508 e. The summed E-state index contributed by atoms with van der Waals surface area (Å²) in [5.41, 5.74) is 23.0. The first kappa shape index (κ1) is 72.5. The lowest BCUT2D eigenvalue weighted by Gasteiger charge is -2.28. The Morgan fingerprint density at radius 1 is 0.494 bits per heavy atom. The third-order valence-corrected chi connectivity index (χ3v) is 13.7. The Morgan fingerprint density at radius 3 is 1.38 bits per heavy atom. The number of phenols is 1. The van der Waals surface area contributed by atoms with Gasteiger partial charge in [0.15, 0.2) is 5.96 Å². The molecule has 24 nitrogen and oxygen atoms in total. The zero-order valence-electron chi connectivity index (χ0n) is 49.0. The Bertz CT molecular complexity index is 2050. The van der Waals surface area contributed by atoms with E-state index in [9.17, 15) is 48.3 Å². The molecule has 0 spiro atoms. The van der Waals surface area contributed by atoms with Crippen LogP contribution in [0.25, 0.3) is 0 Å². The Hall–Kier alpha value is -6.56. The standard InChI is InChI=1S/C57H102N14O10/c1-5-6-7-8-9-10-11-12-13-14-15-16-17-26-49(74)65-38-50(75)66-47(37-40-27-29-41(72)30-28-40)56(81)70-45(31-32-48(60)73)54(79)69-43(23-18-20-33-58)52(77)68-44(24-19-21-34-59)53(78)71-46(36-39(2)3)55(80)67-42(51(76)63-4)25-22-35-64-57(61)62/h27-30,39,42-47,72H,5-26,31-38,58-59H2,1-4H3,(H2,60,73)(H,63,76)(H,65,74)(H,66,75)(H,67,80)(H,68,77)(H,69,79)(H,70,81)(H,71,78)(H4,61,62,64)/t42-,43-,44-,45-,46-,47-/m0/s1. The summed E-state index contributed by atoms with van der Waals surface area (Å²) in [6.07, 6.45) is 17.1. The summed E-state index contributed by atoms with van der Waals surface area (Å²) in [6, 6.07) is -1.55. The lowest BCUT2D eigenvalue weighted by Crippen LogP contribution is -2.60. The van der Waals surface area contributed by atoms with Crippen LogP contribution in [0.5, 0.6) is 5.75 Å².